The van der Waals surface area contributed by atoms with Crippen LogP contribution in [0.3, 0.4) is 0 Å². The Kier molecular flexibility index (Phi) is 5.70. The fourth-order valence-corrected chi connectivity index (χ4v) is 3.33. The van der Waals surface area contributed by atoms with Gasteiger partial charge in [0.15, 0.2) is 0 Å². The lowest BCUT2D eigenvalue weighted by atomic mass is 10.00. The summed E-state index contributed by atoms with van der Waals surface area (Å²) in [6.45, 7) is 2.18. The number of aromatic nitrogens is 1. The molecule has 1 aliphatic rings. The Morgan fingerprint density at radius 1 is 1.30 bits per heavy atom. The number of pyridine rings is 1. The van der Waals surface area contributed by atoms with Gasteiger partial charge in [0, 0.05) is 30.2 Å². The normalized spacial score (nSPS) is 18.0. The molecule has 1 aromatic carbocycles. The number of nitrogens with one attached hydrogen (secondary N) is 2. The molecule has 0 aliphatic carbocycles. The number of hydrogen-bond donors (Lipinski definition) is 2. The summed E-state index contributed by atoms with van der Waals surface area (Å²) in [5.74, 6) is 0.874. The zero-order valence-electron chi connectivity index (χ0n) is 14.0. The van der Waals surface area contributed by atoms with Crippen molar-refractivity contribution in [3.05, 3.63) is 30.5 Å². The minimum absolute atomic E-state index is 0.739. The summed E-state index contributed by atoms with van der Waals surface area (Å²) in [7, 11) is 1.71. The Labute approximate surface area is 138 Å². The highest BCUT2D eigenvalue weighted by Gasteiger charge is 2.11. The largest absolute Gasteiger partial charge is 0.497 e. The number of unbranched alkanes of at least 4 members (excludes halogenated alkanes) is 1. The number of rotatable bonds is 7. The summed E-state index contributed by atoms with van der Waals surface area (Å²) >= 11 is 0. The summed E-state index contributed by atoms with van der Waals surface area (Å²) in [4.78, 5) is 4.50. The van der Waals surface area contributed by atoms with E-state index in [0.29, 0.717) is 0 Å². The van der Waals surface area contributed by atoms with Crippen molar-refractivity contribution >= 4 is 16.6 Å². The molecule has 4 nitrogen and oxygen atoms in total. The number of piperidine rings is 1. The van der Waals surface area contributed by atoms with Crippen LogP contribution in [-0.4, -0.2) is 31.2 Å². The summed E-state index contributed by atoms with van der Waals surface area (Å²) in [5.41, 5.74) is 2.08. The van der Waals surface area contributed by atoms with Crippen molar-refractivity contribution in [3.63, 3.8) is 0 Å². The van der Waals surface area contributed by atoms with Crippen LogP contribution in [0, 0.1) is 0 Å². The van der Waals surface area contributed by atoms with Crippen LogP contribution in [0.25, 0.3) is 10.9 Å². The van der Waals surface area contributed by atoms with Crippen LogP contribution in [0.1, 0.15) is 38.5 Å². The Hall–Kier alpha value is -1.81. The highest BCUT2D eigenvalue weighted by atomic mass is 16.5. The third-order valence-corrected chi connectivity index (χ3v) is 4.62. The molecule has 1 fully saturated rings. The first-order valence-corrected chi connectivity index (χ1v) is 8.77. The Morgan fingerprint density at radius 2 is 2.26 bits per heavy atom. The smallest absolute Gasteiger partial charge is 0.121 e. The van der Waals surface area contributed by atoms with Crippen molar-refractivity contribution in [1.29, 1.82) is 0 Å². The van der Waals surface area contributed by atoms with E-state index >= 15 is 0 Å². The second-order valence-electron chi connectivity index (χ2n) is 6.32. The van der Waals surface area contributed by atoms with Gasteiger partial charge in [-0.05, 0) is 44.4 Å². The number of nitrogens with zero attached hydrogens (tertiary/aromatic N) is 1. The molecule has 0 saturated carbocycles. The fourth-order valence-electron chi connectivity index (χ4n) is 3.33. The minimum Gasteiger partial charge on any atom is -0.497 e. The van der Waals surface area contributed by atoms with E-state index < -0.39 is 0 Å². The topological polar surface area (TPSA) is 46.2 Å². The van der Waals surface area contributed by atoms with Crippen LogP contribution in [0.15, 0.2) is 30.5 Å². The zero-order valence-corrected chi connectivity index (χ0v) is 14.0. The number of fused-ring (bicyclic) bond motifs is 1. The van der Waals surface area contributed by atoms with Gasteiger partial charge in [0.05, 0.1) is 18.3 Å². The molecule has 0 bridgehead atoms. The Bertz CT molecular complexity index is 623. The molecule has 2 aromatic rings. The molecule has 0 radical (unpaired) electrons. The molecule has 2 heterocycles. The van der Waals surface area contributed by atoms with Crippen molar-refractivity contribution < 1.29 is 4.74 Å². The van der Waals surface area contributed by atoms with Gasteiger partial charge in [-0.3, -0.25) is 4.98 Å². The van der Waals surface area contributed by atoms with Gasteiger partial charge in [-0.1, -0.05) is 18.9 Å². The van der Waals surface area contributed by atoms with E-state index in [4.69, 9.17) is 4.74 Å². The average molecular weight is 313 g/mol. The predicted molar refractivity (Wildman–Crippen MR) is 96.3 cm³/mol. The van der Waals surface area contributed by atoms with E-state index in [1.807, 2.05) is 24.4 Å². The monoisotopic (exact) mass is 313 g/mol. The average Bonchev–Trinajstić information content (AvgIpc) is 2.62. The number of methoxy groups -OCH3 is 1. The van der Waals surface area contributed by atoms with Crippen molar-refractivity contribution in [2.45, 2.75) is 44.6 Å². The van der Waals surface area contributed by atoms with Crippen LogP contribution in [0.4, 0.5) is 5.69 Å². The lowest BCUT2D eigenvalue weighted by Gasteiger charge is -2.23. The maximum absolute atomic E-state index is 5.39. The van der Waals surface area contributed by atoms with Gasteiger partial charge in [0.1, 0.15) is 5.75 Å². The number of ether oxygens (including phenoxy) is 1. The maximum atomic E-state index is 5.39. The molecular weight excluding hydrogens is 286 g/mol. The van der Waals surface area contributed by atoms with Crippen LogP contribution in [0.5, 0.6) is 5.75 Å². The summed E-state index contributed by atoms with van der Waals surface area (Å²) < 4.78 is 5.39. The number of hydrogen-bond acceptors (Lipinski definition) is 4. The standard InChI is InChI=1S/C19H27N3O/c1-23-17-13-15-7-6-12-22-19(15)18(14-17)21-11-5-3-9-16-8-2-4-10-20-16/h6-7,12-14,16,20-21H,2-5,8-11H2,1H3/t16-/m1/s1. The van der Waals surface area contributed by atoms with E-state index in [2.05, 4.69) is 21.7 Å². The molecule has 23 heavy (non-hydrogen) atoms. The highest BCUT2D eigenvalue weighted by molar-refractivity contribution is 5.91. The lowest BCUT2D eigenvalue weighted by Crippen LogP contribution is -2.33. The van der Waals surface area contributed by atoms with Crippen molar-refractivity contribution in [3.8, 4) is 5.75 Å². The first-order valence-electron chi connectivity index (χ1n) is 8.77. The van der Waals surface area contributed by atoms with Crippen LogP contribution < -0.4 is 15.4 Å². The van der Waals surface area contributed by atoms with E-state index in [9.17, 15) is 0 Å². The minimum atomic E-state index is 0.739. The van der Waals surface area contributed by atoms with Crippen LogP contribution in [-0.2, 0) is 0 Å². The summed E-state index contributed by atoms with van der Waals surface area (Å²) in [6, 6.07) is 8.84. The molecule has 4 heteroatoms. The molecule has 0 amide bonds. The van der Waals surface area contributed by atoms with E-state index in [1.54, 1.807) is 7.11 Å². The molecule has 1 atom stereocenters. The molecular formula is C19H27N3O. The molecule has 1 saturated heterocycles. The first kappa shape index (κ1) is 16.1. The van der Waals surface area contributed by atoms with Gasteiger partial charge in [-0.2, -0.15) is 0 Å². The van der Waals surface area contributed by atoms with Gasteiger partial charge in [0.2, 0.25) is 0 Å². The molecule has 124 valence electrons. The summed E-state index contributed by atoms with van der Waals surface area (Å²) in [5, 5.41) is 8.27. The fraction of sp³-hybridized carbons (Fsp3) is 0.526. The van der Waals surface area contributed by atoms with Gasteiger partial charge in [-0.25, -0.2) is 0 Å². The third kappa shape index (κ3) is 4.35. The number of anilines is 1. The quantitative estimate of drug-likeness (QED) is 0.759. The van der Waals surface area contributed by atoms with E-state index in [-0.39, 0.29) is 0 Å². The molecule has 0 spiro atoms. The SMILES string of the molecule is COc1cc(NCCCC[C@H]2CCCCN2)c2ncccc2c1. The van der Waals surface area contributed by atoms with Crippen molar-refractivity contribution in [2.24, 2.45) is 0 Å². The second kappa shape index (κ2) is 8.16. The predicted octanol–water partition coefficient (Wildman–Crippen LogP) is 3.97. The Balaban J connectivity index is 1.52. The molecule has 3 rings (SSSR count). The van der Waals surface area contributed by atoms with E-state index in [0.717, 1.165) is 34.9 Å². The first-order chi connectivity index (χ1) is 11.4. The number of benzene rings is 1. The maximum Gasteiger partial charge on any atom is 0.121 e. The van der Waals surface area contributed by atoms with Crippen LogP contribution in [0.2, 0.25) is 0 Å². The molecule has 2 N–H and O–H groups in total. The molecule has 0 unspecified atom stereocenters. The lowest BCUT2D eigenvalue weighted by molar-refractivity contribution is 0.374. The van der Waals surface area contributed by atoms with Gasteiger partial charge < -0.3 is 15.4 Å². The van der Waals surface area contributed by atoms with Crippen molar-refractivity contribution in [1.82, 2.24) is 10.3 Å². The van der Waals surface area contributed by atoms with Crippen LogP contribution >= 0.6 is 0 Å². The Morgan fingerprint density at radius 3 is 3.09 bits per heavy atom. The molecule has 1 aromatic heterocycles. The third-order valence-electron chi connectivity index (χ3n) is 4.62. The van der Waals surface area contributed by atoms with Crippen molar-refractivity contribution in [2.75, 3.05) is 25.5 Å². The molecule has 1 aliphatic heterocycles. The second-order valence-corrected chi connectivity index (χ2v) is 6.32. The van der Waals surface area contributed by atoms with Gasteiger partial charge in [0.25, 0.3) is 0 Å². The zero-order chi connectivity index (χ0) is 15.9. The highest BCUT2D eigenvalue weighted by Crippen LogP contribution is 2.27. The van der Waals surface area contributed by atoms with Gasteiger partial charge in [-0.15, -0.1) is 0 Å². The summed E-state index contributed by atoms with van der Waals surface area (Å²) in [6.07, 6.45) is 9.65. The van der Waals surface area contributed by atoms with Gasteiger partial charge >= 0.3 is 0 Å². The van der Waals surface area contributed by atoms with E-state index in [1.165, 1.54) is 45.1 Å².